The molecule has 7 nitrogen and oxygen atoms in total. The quantitative estimate of drug-likeness (QED) is 0.795. The number of aromatic nitrogens is 1. The molecule has 2 heterocycles. The molecule has 3 amide bonds. The summed E-state index contributed by atoms with van der Waals surface area (Å²) in [7, 11) is 0. The van der Waals surface area contributed by atoms with Crippen LogP contribution >= 0.6 is 11.6 Å². The zero-order valence-electron chi connectivity index (χ0n) is 16.9. The van der Waals surface area contributed by atoms with Gasteiger partial charge in [-0.2, -0.15) is 0 Å². The number of pyridine rings is 1. The Morgan fingerprint density at radius 2 is 1.79 bits per heavy atom. The molecule has 8 heteroatoms. The number of carbonyl (C=O) groups excluding carboxylic acids is 2. The largest absolute Gasteiger partial charge is 0.322 e. The maximum Gasteiger partial charge on any atom is 0.321 e. The van der Waals surface area contributed by atoms with Crippen LogP contribution in [-0.4, -0.2) is 58.9 Å². The molecule has 2 N–H and O–H groups in total. The fourth-order valence-corrected chi connectivity index (χ4v) is 3.35. The molecule has 1 aliphatic rings. The second-order valence-corrected chi connectivity index (χ2v) is 7.85. The number of halogens is 1. The van der Waals surface area contributed by atoms with E-state index in [1.165, 1.54) is 6.07 Å². The van der Waals surface area contributed by atoms with Crippen LogP contribution < -0.4 is 10.6 Å². The SMILES string of the molecule is Cc1ccc(NC(=O)c2cc(Cl)ccc2NC(=O)N2CCN(C(C)C)CC2)nc1. The van der Waals surface area contributed by atoms with Gasteiger partial charge in [0.05, 0.1) is 11.3 Å². The van der Waals surface area contributed by atoms with Crippen LogP contribution in [0.1, 0.15) is 29.8 Å². The fourth-order valence-electron chi connectivity index (χ4n) is 3.17. The Bertz CT molecular complexity index is 877. The number of urea groups is 1. The number of nitrogens with zero attached hydrogens (tertiary/aromatic N) is 3. The molecule has 1 aromatic carbocycles. The average molecular weight is 416 g/mol. The van der Waals surface area contributed by atoms with Crippen molar-refractivity contribution < 1.29 is 9.59 Å². The van der Waals surface area contributed by atoms with Gasteiger partial charge in [0.15, 0.2) is 0 Å². The van der Waals surface area contributed by atoms with E-state index in [1.54, 1.807) is 29.3 Å². The summed E-state index contributed by atoms with van der Waals surface area (Å²) in [4.78, 5) is 33.8. The molecule has 2 aromatic rings. The van der Waals surface area contributed by atoms with E-state index < -0.39 is 0 Å². The highest BCUT2D eigenvalue weighted by Gasteiger charge is 2.23. The van der Waals surface area contributed by atoms with E-state index in [0.29, 0.717) is 35.7 Å². The number of anilines is 2. The van der Waals surface area contributed by atoms with Crippen molar-refractivity contribution in [1.82, 2.24) is 14.8 Å². The number of benzene rings is 1. The maximum atomic E-state index is 12.8. The van der Waals surface area contributed by atoms with E-state index in [2.05, 4.69) is 34.4 Å². The van der Waals surface area contributed by atoms with Gasteiger partial charge < -0.3 is 15.5 Å². The monoisotopic (exact) mass is 415 g/mol. The van der Waals surface area contributed by atoms with Crippen molar-refractivity contribution in [1.29, 1.82) is 0 Å². The Labute approximate surface area is 176 Å². The molecule has 0 saturated carbocycles. The molecule has 0 atom stereocenters. The van der Waals surface area contributed by atoms with Crippen molar-refractivity contribution in [2.45, 2.75) is 26.8 Å². The lowest BCUT2D eigenvalue weighted by Crippen LogP contribution is -2.51. The summed E-state index contributed by atoms with van der Waals surface area (Å²) in [6.45, 7) is 9.17. The molecule has 0 radical (unpaired) electrons. The molecular formula is C21H26ClN5O2. The van der Waals surface area contributed by atoms with Crippen molar-refractivity contribution in [2.75, 3.05) is 36.8 Å². The average Bonchev–Trinajstić information content (AvgIpc) is 2.71. The highest BCUT2D eigenvalue weighted by atomic mass is 35.5. The first-order chi connectivity index (χ1) is 13.8. The summed E-state index contributed by atoms with van der Waals surface area (Å²) in [5.41, 5.74) is 1.70. The second kappa shape index (κ2) is 9.24. The third-order valence-electron chi connectivity index (χ3n) is 4.95. The van der Waals surface area contributed by atoms with Gasteiger partial charge in [0.2, 0.25) is 0 Å². The minimum absolute atomic E-state index is 0.224. The summed E-state index contributed by atoms with van der Waals surface area (Å²) < 4.78 is 0. The standard InChI is InChI=1S/C21H26ClN5O2/c1-14(2)26-8-10-27(11-9-26)21(29)24-18-6-5-16(22)12-17(18)20(28)25-19-7-4-15(3)13-23-19/h4-7,12-14H,8-11H2,1-3H3,(H,24,29)(H,23,25,28). The van der Waals surface area contributed by atoms with E-state index in [1.807, 2.05) is 13.0 Å². The molecule has 29 heavy (non-hydrogen) atoms. The van der Waals surface area contributed by atoms with Crippen LogP contribution in [0.15, 0.2) is 36.5 Å². The normalized spacial score (nSPS) is 14.7. The Kier molecular flexibility index (Phi) is 6.71. The number of piperazine rings is 1. The van der Waals surface area contributed by atoms with Gasteiger partial charge in [0.25, 0.3) is 5.91 Å². The molecule has 3 rings (SSSR count). The molecule has 154 valence electrons. The van der Waals surface area contributed by atoms with Crippen molar-refractivity contribution in [3.63, 3.8) is 0 Å². The Balaban J connectivity index is 1.70. The highest BCUT2D eigenvalue weighted by Crippen LogP contribution is 2.23. The summed E-state index contributed by atoms with van der Waals surface area (Å²) in [5, 5.41) is 6.01. The summed E-state index contributed by atoms with van der Waals surface area (Å²) in [6.07, 6.45) is 1.67. The number of hydrogen-bond donors (Lipinski definition) is 2. The first-order valence-corrected chi connectivity index (χ1v) is 10.0. The van der Waals surface area contributed by atoms with Crippen LogP contribution in [0.4, 0.5) is 16.3 Å². The minimum atomic E-state index is -0.385. The molecule has 1 aromatic heterocycles. The Morgan fingerprint density at radius 3 is 2.41 bits per heavy atom. The van der Waals surface area contributed by atoms with E-state index in [4.69, 9.17) is 11.6 Å². The third kappa shape index (κ3) is 5.46. The minimum Gasteiger partial charge on any atom is -0.322 e. The first kappa shape index (κ1) is 21.1. The van der Waals surface area contributed by atoms with Crippen molar-refractivity contribution in [3.8, 4) is 0 Å². The molecule has 1 fully saturated rings. The Morgan fingerprint density at radius 1 is 1.07 bits per heavy atom. The predicted octanol–water partition coefficient (Wildman–Crippen LogP) is 3.85. The molecule has 0 bridgehead atoms. The van der Waals surface area contributed by atoms with Crippen LogP contribution in [0.2, 0.25) is 5.02 Å². The molecule has 0 aliphatic carbocycles. The van der Waals surface area contributed by atoms with Gasteiger partial charge >= 0.3 is 6.03 Å². The molecule has 1 saturated heterocycles. The van der Waals surface area contributed by atoms with Crippen LogP contribution in [0.5, 0.6) is 0 Å². The number of amides is 3. The third-order valence-corrected chi connectivity index (χ3v) is 5.19. The molecule has 0 spiro atoms. The van der Waals surface area contributed by atoms with Crippen LogP contribution in [-0.2, 0) is 0 Å². The van der Waals surface area contributed by atoms with Crippen molar-refractivity contribution in [2.24, 2.45) is 0 Å². The predicted molar refractivity (Wildman–Crippen MR) is 116 cm³/mol. The lowest BCUT2D eigenvalue weighted by Gasteiger charge is -2.36. The number of nitrogens with one attached hydrogen (secondary N) is 2. The topological polar surface area (TPSA) is 77.6 Å². The van der Waals surface area contributed by atoms with Gasteiger partial charge in [-0.3, -0.25) is 9.69 Å². The number of rotatable bonds is 4. The van der Waals surface area contributed by atoms with E-state index in [9.17, 15) is 9.59 Å². The first-order valence-electron chi connectivity index (χ1n) is 9.67. The van der Waals surface area contributed by atoms with E-state index in [-0.39, 0.29) is 17.5 Å². The van der Waals surface area contributed by atoms with Gasteiger partial charge in [-0.15, -0.1) is 0 Å². The lowest BCUT2D eigenvalue weighted by atomic mass is 10.1. The zero-order valence-corrected chi connectivity index (χ0v) is 17.7. The second-order valence-electron chi connectivity index (χ2n) is 7.41. The molecular weight excluding hydrogens is 390 g/mol. The summed E-state index contributed by atoms with van der Waals surface area (Å²) >= 11 is 6.09. The van der Waals surface area contributed by atoms with E-state index in [0.717, 1.165) is 18.7 Å². The number of carbonyl (C=O) groups is 2. The van der Waals surface area contributed by atoms with Crippen LogP contribution in [0.3, 0.4) is 0 Å². The van der Waals surface area contributed by atoms with Gasteiger partial charge in [-0.05, 0) is 50.6 Å². The smallest absolute Gasteiger partial charge is 0.321 e. The van der Waals surface area contributed by atoms with Crippen molar-refractivity contribution in [3.05, 3.63) is 52.7 Å². The Hall–Kier alpha value is -2.64. The number of aryl methyl sites for hydroxylation is 1. The van der Waals surface area contributed by atoms with Gasteiger partial charge in [-0.25, -0.2) is 9.78 Å². The lowest BCUT2D eigenvalue weighted by molar-refractivity contribution is 0.102. The zero-order chi connectivity index (χ0) is 21.0. The summed E-state index contributed by atoms with van der Waals surface area (Å²) in [6, 6.07) is 8.65. The fraction of sp³-hybridized carbons (Fsp3) is 0.381. The van der Waals surface area contributed by atoms with Crippen molar-refractivity contribution >= 4 is 35.0 Å². The maximum absolute atomic E-state index is 12.8. The molecule has 1 aliphatic heterocycles. The summed E-state index contributed by atoms with van der Waals surface area (Å²) in [5.74, 6) is 0.0476. The van der Waals surface area contributed by atoms with Gasteiger partial charge in [0.1, 0.15) is 5.82 Å². The number of hydrogen-bond acceptors (Lipinski definition) is 4. The van der Waals surface area contributed by atoms with Gasteiger partial charge in [-0.1, -0.05) is 17.7 Å². The van der Waals surface area contributed by atoms with E-state index >= 15 is 0 Å². The van der Waals surface area contributed by atoms with Gasteiger partial charge in [0, 0.05) is 43.4 Å². The molecule has 0 unspecified atom stereocenters. The van der Waals surface area contributed by atoms with Crippen LogP contribution in [0, 0.1) is 6.92 Å². The highest BCUT2D eigenvalue weighted by molar-refractivity contribution is 6.31. The van der Waals surface area contributed by atoms with Crippen LogP contribution in [0.25, 0.3) is 0 Å².